The number of ether oxygens (including phenoxy) is 3. The number of carbonyl (C=O) groups is 1. The lowest BCUT2D eigenvalue weighted by Crippen LogP contribution is -2.46. The summed E-state index contributed by atoms with van der Waals surface area (Å²) in [5, 5.41) is 18.5. The first kappa shape index (κ1) is 23.9. The Labute approximate surface area is 209 Å². The van der Waals surface area contributed by atoms with Crippen molar-refractivity contribution in [2.45, 2.75) is 80.9 Å². The van der Waals surface area contributed by atoms with Crippen molar-refractivity contribution in [3.05, 3.63) is 41.2 Å². The van der Waals surface area contributed by atoms with E-state index in [1.165, 1.54) is 0 Å². The average Bonchev–Trinajstić information content (AvgIpc) is 3.44. The lowest BCUT2D eigenvalue weighted by atomic mass is 9.77. The maximum Gasteiger partial charge on any atom is 0.522 e. The van der Waals surface area contributed by atoms with Crippen molar-refractivity contribution in [2.24, 2.45) is 5.92 Å². The first-order valence-electron chi connectivity index (χ1n) is 12.0. The topological polar surface area (TPSA) is 94.8 Å². The minimum Gasteiger partial charge on any atom is -0.487 e. The molecule has 1 aromatic carbocycles. The molecule has 8 nitrogen and oxygen atoms in total. The zero-order valence-electron chi connectivity index (χ0n) is 19.1. The first-order chi connectivity index (χ1) is 17.1. The Morgan fingerprint density at radius 1 is 1.22 bits per heavy atom. The molecule has 0 saturated heterocycles. The monoisotopic (exact) mass is 527 g/mol. The van der Waals surface area contributed by atoms with E-state index in [-0.39, 0.29) is 42.9 Å². The lowest BCUT2D eigenvalue weighted by Gasteiger charge is -2.38. The Morgan fingerprint density at radius 3 is 2.75 bits per heavy atom. The van der Waals surface area contributed by atoms with Gasteiger partial charge in [-0.2, -0.15) is 5.10 Å². The molecule has 5 aliphatic rings. The van der Waals surface area contributed by atoms with Crippen molar-refractivity contribution in [1.29, 1.82) is 0 Å². The molecule has 4 fully saturated rings. The maximum atomic E-state index is 13.0. The van der Waals surface area contributed by atoms with E-state index in [9.17, 15) is 23.1 Å². The number of fused-ring (bicyclic) bond motifs is 2. The second kappa shape index (κ2) is 8.53. The fraction of sp³-hybridized carbons (Fsp3) is 0.583. The van der Waals surface area contributed by atoms with Gasteiger partial charge < -0.3 is 19.9 Å². The molecule has 4 saturated carbocycles. The lowest BCUT2D eigenvalue weighted by molar-refractivity contribution is -0.355. The number of halogens is 4. The molecule has 36 heavy (non-hydrogen) atoms. The highest BCUT2D eigenvalue weighted by molar-refractivity contribution is 6.30. The van der Waals surface area contributed by atoms with Gasteiger partial charge in [0, 0.05) is 35.9 Å². The van der Waals surface area contributed by atoms with Crippen molar-refractivity contribution in [3.8, 4) is 11.5 Å². The predicted octanol–water partition coefficient (Wildman–Crippen LogP) is 3.86. The van der Waals surface area contributed by atoms with Crippen LogP contribution in [-0.2, 0) is 15.1 Å². The number of benzene rings is 1. The van der Waals surface area contributed by atoms with Crippen molar-refractivity contribution in [3.63, 3.8) is 0 Å². The van der Waals surface area contributed by atoms with Gasteiger partial charge in [-0.15, -0.1) is 13.2 Å². The fourth-order valence-electron chi connectivity index (χ4n) is 5.97. The number of carbonyl (C=O) groups excluding carboxylic acids is 1. The van der Waals surface area contributed by atoms with E-state index >= 15 is 0 Å². The molecule has 12 heteroatoms. The van der Waals surface area contributed by atoms with Crippen LogP contribution in [0.1, 0.15) is 50.2 Å². The zero-order valence-corrected chi connectivity index (χ0v) is 19.8. The Balaban J connectivity index is 1.02. The number of nitrogens with one attached hydrogen (secondary N) is 1. The molecule has 4 aliphatic carbocycles. The molecular weight excluding hydrogens is 503 g/mol. The average molecular weight is 528 g/mol. The van der Waals surface area contributed by atoms with Crippen LogP contribution in [0.15, 0.2) is 30.6 Å². The van der Waals surface area contributed by atoms with Crippen molar-refractivity contribution in [1.82, 2.24) is 15.1 Å². The third kappa shape index (κ3) is 4.41. The third-order valence-corrected chi connectivity index (χ3v) is 8.05. The minimum absolute atomic E-state index is 0.0367. The molecule has 1 amide bonds. The molecule has 0 radical (unpaired) electrons. The van der Waals surface area contributed by atoms with Gasteiger partial charge in [-0.1, -0.05) is 11.6 Å². The summed E-state index contributed by atoms with van der Waals surface area (Å²) in [4.78, 5) is 13.0. The highest BCUT2D eigenvalue weighted by Gasteiger charge is 2.58. The van der Waals surface area contributed by atoms with Crippen molar-refractivity contribution in [2.75, 3.05) is 0 Å². The standard InChI is InChI=1S/C24H25ClF3N3O5/c25-13-1-2-20-17(3-13)19(32)6-21(35-20)22(33)30-18-9-23(7-12(18)8-23)31-11-16(10-29-31)34-14-4-15(5-14)36-24(26,27)28/h1-3,10-12,14-15,18-19,21,32H,4-9H2,(H,30,33)/t12?,14-,15+,18?,19-,21-,23?/m1/s1. The van der Waals surface area contributed by atoms with Gasteiger partial charge in [-0.25, -0.2) is 0 Å². The fourth-order valence-corrected chi connectivity index (χ4v) is 6.15. The van der Waals surface area contributed by atoms with Crippen LogP contribution in [0, 0.1) is 5.92 Å². The number of aliphatic hydroxyl groups excluding tert-OH is 1. The third-order valence-electron chi connectivity index (χ3n) is 7.81. The summed E-state index contributed by atoms with van der Waals surface area (Å²) in [5.41, 5.74) is 0.359. The molecule has 1 unspecified atom stereocenters. The van der Waals surface area contributed by atoms with Crippen LogP contribution in [0.2, 0.25) is 5.02 Å². The Morgan fingerprint density at radius 2 is 2.00 bits per heavy atom. The van der Waals surface area contributed by atoms with E-state index in [1.54, 1.807) is 30.6 Å². The van der Waals surface area contributed by atoms with Crippen LogP contribution >= 0.6 is 11.6 Å². The Bertz CT molecular complexity index is 1160. The van der Waals surface area contributed by atoms with Crippen LogP contribution in [0.3, 0.4) is 0 Å². The van der Waals surface area contributed by atoms with Crippen LogP contribution in [0.5, 0.6) is 11.5 Å². The van der Waals surface area contributed by atoms with E-state index < -0.39 is 24.7 Å². The minimum atomic E-state index is -4.63. The summed E-state index contributed by atoms with van der Waals surface area (Å²) in [5.74, 6) is 1.03. The number of hydrogen-bond donors (Lipinski definition) is 2. The number of amides is 1. The molecule has 2 heterocycles. The predicted molar refractivity (Wildman–Crippen MR) is 119 cm³/mol. The molecule has 2 bridgehead atoms. The van der Waals surface area contributed by atoms with Crippen LogP contribution in [0.25, 0.3) is 0 Å². The molecule has 2 N–H and O–H groups in total. The zero-order chi connectivity index (χ0) is 25.2. The first-order valence-corrected chi connectivity index (χ1v) is 12.4. The number of rotatable bonds is 6. The molecule has 7 rings (SSSR count). The summed E-state index contributed by atoms with van der Waals surface area (Å²) in [6, 6.07) is 4.93. The molecule has 1 aromatic heterocycles. The van der Waals surface area contributed by atoms with E-state index in [0.717, 1.165) is 12.8 Å². The number of aromatic nitrogens is 2. The number of hydrogen-bond acceptors (Lipinski definition) is 6. The molecule has 1 aliphatic heterocycles. The highest BCUT2D eigenvalue weighted by Crippen LogP contribution is 2.57. The Kier molecular flexibility index (Phi) is 5.65. The quantitative estimate of drug-likeness (QED) is 0.592. The summed E-state index contributed by atoms with van der Waals surface area (Å²) in [6.45, 7) is 0. The number of aliphatic hydroxyl groups is 1. The summed E-state index contributed by atoms with van der Waals surface area (Å²) in [7, 11) is 0. The van der Waals surface area contributed by atoms with Gasteiger partial charge in [0.05, 0.1) is 30.1 Å². The van der Waals surface area contributed by atoms with E-state index in [4.69, 9.17) is 21.1 Å². The molecule has 3 atom stereocenters. The molecule has 0 spiro atoms. The number of nitrogens with zero attached hydrogens (tertiary/aromatic N) is 2. The van der Waals surface area contributed by atoms with E-state index in [2.05, 4.69) is 15.2 Å². The second-order valence-electron chi connectivity index (χ2n) is 10.3. The van der Waals surface area contributed by atoms with Gasteiger partial charge in [0.15, 0.2) is 11.9 Å². The normalized spacial score (nSPS) is 34.7. The summed E-state index contributed by atoms with van der Waals surface area (Å²) in [6.07, 6.45) is -1.15. The van der Waals surface area contributed by atoms with Crippen LogP contribution in [0.4, 0.5) is 13.2 Å². The van der Waals surface area contributed by atoms with Gasteiger partial charge >= 0.3 is 6.36 Å². The van der Waals surface area contributed by atoms with Gasteiger partial charge in [-0.05, 0) is 43.4 Å². The maximum absolute atomic E-state index is 13.0. The van der Waals surface area contributed by atoms with Crippen LogP contribution in [-0.4, -0.2) is 51.5 Å². The molecular formula is C24H25ClF3N3O5. The van der Waals surface area contributed by atoms with Gasteiger partial charge in [-0.3, -0.25) is 14.2 Å². The second-order valence-corrected chi connectivity index (χ2v) is 10.7. The molecule has 2 aromatic rings. The number of alkyl halides is 3. The van der Waals surface area contributed by atoms with Gasteiger partial charge in [0.1, 0.15) is 11.9 Å². The van der Waals surface area contributed by atoms with Crippen molar-refractivity contribution >= 4 is 17.5 Å². The smallest absolute Gasteiger partial charge is 0.487 e. The van der Waals surface area contributed by atoms with Gasteiger partial charge in [0.25, 0.3) is 5.91 Å². The molecule has 194 valence electrons. The largest absolute Gasteiger partial charge is 0.522 e. The summed E-state index contributed by atoms with van der Waals surface area (Å²) >= 11 is 6.00. The Hall–Kier alpha value is -2.50. The van der Waals surface area contributed by atoms with E-state index in [1.807, 2.05) is 4.68 Å². The van der Waals surface area contributed by atoms with Gasteiger partial charge in [0.2, 0.25) is 0 Å². The summed E-state index contributed by atoms with van der Waals surface area (Å²) < 4.78 is 54.3. The van der Waals surface area contributed by atoms with E-state index in [0.29, 0.717) is 34.4 Å². The van der Waals surface area contributed by atoms with Crippen molar-refractivity contribution < 1.29 is 37.3 Å². The highest BCUT2D eigenvalue weighted by atomic mass is 35.5. The SMILES string of the molecule is O=C(NC1CC2(n3cc(O[C@H]4C[C@@H](OC(F)(F)F)C4)cn3)CC1C2)[C@H]1C[C@@H](O)c2cc(Cl)ccc2O1. The van der Waals surface area contributed by atoms with Crippen LogP contribution < -0.4 is 14.8 Å².